The highest BCUT2D eigenvalue weighted by Gasteiger charge is 2.38. The molecule has 0 radical (unpaired) electrons. The first-order valence-electron chi connectivity index (χ1n) is 9.72. The molecule has 0 aromatic heterocycles. The molecule has 6 nitrogen and oxygen atoms in total. The molecule has 0 saturated heterocycles. The summed E-state index contributed by atoms with van der Waals surface area (Å²) in [5, 5.41) is 0.784. The molecular weight excluding hydrogens is 524 g/mol. The van der Waals surface area contributed by atoms with E-state index in [0.29, 0.717) is 10.6 Å². The third-order valence-corrected chi connectivity index (χ3v) is 6.45. The molecule has 2 amide bonds. The first kappa shape index (κ1) is 24.2. The summed E-state index contributed by atoms with van der Waals surface area (Å²) in [6, 6.07) is 11.4. The summed E-state index contributed by atoms with van der Waals surface area (Å²) in [7, 11) is 0. The van der Waals surface area contributed by atoms with Crippen LogP contribution in [-0.2, 0) is 4.74 Å². The van der Waals surface area contributed by atoms with Crippen LogP contribution in [0.4, 0.5) is 5.69 Å². The molecule has 10 heteroatoms. The van der Waals surface area contributed by atoms with Gasteiger partial charge in [0.1, 0.15) is 0 Å². The van der Waals surface area contributed by atoms with Crippen LogP contribution in [0.2, 0.25) is 20.1 Å². The second-order valence-electron chi connectivity index (χ2n) is 7.38. The van der Waals surface area contributed by atoms with Crippen molar-refractivity contribution in [2.24, 2.45) is 0 Å². The van der Waals surface area contributed by atoms with Crippen molar-refractivity contribution in [1.82, 2.24) is 0 Å². The minimum atomic E-state index is -0.817. The number of imide groups is 1. The van der Waals surface area contributed by atoms with Crippen LogP contribution < -0.4 is 4.90 Å². The number of ketones is 1. The molecule has 172 valence electrons. The molecule has 0 aliphatic carbocycles. The van der Waals surface area contributed by atoms with Crippen LogP contribution in [0.25, 0.3) is 0 Å². The number of anilines is 1. The van der Waals surface area contributed by atoms with Gasteiger partial charge in [-0.05, 0) is 55.0 Å². The fourth-order valence-electron chi connectivity index (χ4n) is 3.44. The highest BCUT2D eigenvalue weighted by Crippen LogP contribution is 2.35. The molecular formula is C24H13Cl4NO5. The average Bonchev–Trinajstić information content (AvgIpc) is 3.02. The van der Waals surface area contributed by atoms with Gasteiger partial charge >= 0.3 is 5.97 Å². The molecule has 1 aliphatic heterocycles. The Balaban J connectivity index is 1.56. The van der Waals surface area contributed by atoms with Crippen LogP contribution in [-0.4, -0.2) is 30.2 Å². The van der Waals surface area contributed by atoms with Crippen LogP contribution in [0.15, 0.2) is 48.5 Å². The minimum Gasteiger partial charge on any atom is -0.454 e. The molecule has 0 bridgehead atoms. The van der Waals surface area contributed by atoms with Crippen LogP contribution in [0.3, 0.4) is 0 Å². The summed E-state index contributed by atoms with van der Waals surface area (Å²) in [5.74, 6) is -2.53. The van der Waals surface area contributed by atoms with Crippen molar-refractivity contribution in [3.8, 4) is 0 Å². The Labute approximate surface area is 213 Å². The van der Waals surface area contributed by atoms with E-state index in [1.807, 2.05) is 0 Å². The Hall–Kier alpha value is -2.90. The number of esters is 1. The number of carbonyl (C=O) groups excluding carboxylic acids is 4. The molecule has 0 spiro atoms. The molecule has 3 aromatic carbocycles. The zero-order valence-corrected chi connectivity index (χ0v) is 20.3. The highest BCUT2D eigenvalue weighted by atomic mass is 35.5. The number of Topliss-reactive ketones (excluding diaryl/α,β-unsaturated/α-hetero) is 1. The van der Waals surface area contributed by atoms with Crippen LogP contribution in [0.1, 0.15) is 47.0 Å². The third-order valence-electron chi connectivity index (χ3n) is 5.18. The normalized spacial score (nSPS) is 12.7. The van der Waals surface area contributed by atoms with E-state index in [9.17, 15) is 19.2 Å². The van der Waals surface area contributed by atoms with E-state index in [0.717, 1.165) is 4.90 Å². The van der Waals surface area contributed by atoms with Crippen LogP contribution >= 0.6 is 46.4 Å². The maximum absolute atomic E-state index is 13.0. The molecule has 0 atom stereocenters. The van der Waals surface area contributed by atoms with E-state index in [2.05, 4.69) is 0 Å². The molecule has 34 heavy (non-hydrogen) atoms. The van der Waals surface area contributed by atoms with E-state index in [1.165, 1.54) is 42.5 Å². The summed E-state index contributed by atoms with van der Waals surface area (Å²) in [5.41, 5.74) is 1.18. The van der Waals surface area contributed by atoms with E-state index < -0.39 is 30.2 Å². The predicted octanol–water partition coefficient (Wildman–Crippen LogP) is 6.45. The number of amides is 2. The maximum atomic E-state index is 13.0. The number of halogens is 4. The van der Waals surface area contributed by atoms with Crippen LogP contribution in [0, 0.1) is 6.92 Å². The van der Waals surface area contributed by atoms with Crippen molar-refractivity contribution in [2.45, 2.75) is 6.92 Å². The number of nitrogens with zero attached hydrogens (tertiary/aromatic N) is 1. The van der Waals surface area contributed by atoms with Gasteiger partial charge in [-0.2, -0.15) is 0 Å². The van der Waals surface area contributed by atoms with Gasteiger partial charge in [0.05, 0.1) is 37.4 Å². The van der Waals surface area contributed by atoms with Crippen LogP contribution in [0.5, 0.6) is 0 Å². The fourth-order valence-corrected chi connectivity index (χ4v) is 4.28. The summed E-state index contributed by atoms with van der Waals surface area (Å²) >= 11 is 23.9. The molecule has 0 unspecified atom stereocenters. The third kappa shape index (κ3) is 4.42. The zero-order chi connectivity index (χ0) is 24.7. The SMILES string of the molecule is Cc1ccc(C(=O)OCC(=O)c2ccc(Cl)cc2Cl)cc1N1C(=O)c2cc(Cl)c(Cl)cc2C1=O. The maximum Gasteiger partial charge on any atom is 0.338 e. The van der Waals surface area contributed by atoms with Gasteiger partial charge in [-0.1, -0.05) is 52.5 Å². The quantitative estimate of drug-likeness (QED) is 0.212. The Morgan fingerprint density at radius 3 is 2.03 bits per heavy atom. The second kappa shape index (κ2) is 9.39. The van der Waals surface area contributed by atoms with Gasteiger partial charge in [0.2, 0.25) is 5.78 Å². The number of ether oxygens (including phenoxy) is 1. The van der Waals surface area contributed by atoms with Gasteiger partial charge in [0.25, 0.3) is 11.8 Å². The Bertz CT molecular complexity index is 1360. The molecule has 0 fully saturated rings. The molecule has 3 aromatic rings. The Morgan fingerprint density at radius 2 is 1.44 bits per heavy atom. The standard InChI is InChI=1S/C24H13Cl4NO5/c1-11-2-3-12(24(33)34-10-21(30)14-5-4-13(25)7-17(14)26)6-20(11)29-22(31)15-8-18(27)19(28)9-16(15)23(29)32/h2-9H,10H2,1H3. The van der Waals surface area contributed by atoms with Crippen molar-refractivity contribution in [3.05, 3.63) is 96.4 Å². The topological polar surface area (TPSA) is 80.8 Å². The van der Waals surface area contributed by atoms with E-state index in [-0.39, 0.29) is 43.0 Å². The first-order chi connectivity index (χ1) is 16.1. The van der Waals surface area contributed by atoms with Gasteiger partial charge in [-0.25, -0.2) is 9.69 Å². The zero-order valence-electron chi connectivity index (χ0n) is 17.3. The monoisotopic (exact) mass is 535 g/mol. The number of fused-ring (bicyclic) bond motifs is 1. The Kier molecular flexibility index (Phi) is 6.69. The van der Waals surface area contributed by atoms with E-state index >= 15 is 0 Å². The van der Waals surface area contributed by atoms with Gasteiger partial charge < -0.3 is 4.74 Å². The smallest absolute Gasteiger partial charge is 0.338 e. The largest absolute Gasteiger partial charge is 0.454 e. The van der Waals surface area contributed by atoms with Crippen molar-refractivity contribution in [2.75, 3.05) is 11.5 Å². The summed E-state index contributed by atoms with van der Waals surface area (Å²) in [6.45, 7) is 1.12. The highest BCUT2D eigenvalue weighted by molar-refractivity contribution is 6.44. The lowest BCUT2D eigenvalue weighted by atomic mass is 10.1. The van der Waals surface area contributed by atoms with Crippen molar-refractivity contribution in [3.63, 3.8) is 0 Å². The van der Waals surface area contributed by atoms with Crippen molar-refractivity contribution >= 4 is 75.7 Å². The lowest BCUT2D eigenvalue weighted by molar-refractivity contribution is 0.0474. The van der Waals surface area contributed by atoms with Gasteiger partial charge in [0.15, 0.2) is 6.61 Å². The van der Waals surface area contributed by atoms with Gasteiger partial charge in [-0.15, -0.1) is 0 Å². The van der Waals surface area contributed by atoms with Crippen molar-refractivity contribution in [1.29, 1.82) is 0 Å². The van der Waals surface area contributed by atoms with E-state index in [4.69, 9.17) is 51.1 Å². The van der Waals surface area contributed by atoms with Crippen molar-refractivity contribution < 1.29 is 23.9 Å². The number of rotatable bonds is 5. The molecule has 4 rings (SSSR count). The fraction of sp³-hybridized carbons (Fsp3) is 0.0833. The summed E-state index contributed by atoms with van der Waals surface area (Å²) < 4.78 is 5.13. The number of hydrogen-bond acceptors (Lipinski definition) is 5. The Morgan fingerprint density at radius 1 is 0.824 bits per heavy atom. The number of benzene rings is 3. The predicted molar refractivity (Wildman–Crippen MR) is 130 cm³/mol. The van der Waals surface area contributed by atoms with Gasteiger partial charge in [0, 0.05) is 10.6 Å². The lowest BCUT2D eigenvalue weighted by Gasteiger charge is -2.17. The summed E-state index contributed by atoms with van der Waals surface area (Å²) in [4.78, 5) is 51.9. The average molecular weight is 537 g/mol. The minimum absolute atomic E-state index is 0.0447. The van der Waals surface area contributed by atoms with E-state index in [1.54, 1.807) is 13.0 Å². The molecule has 1 aliphatic rings. The summed E-state index contributed by atoms with van der Waals surface area (Å²) in [6.07, 6.45) is 0. The molecule has 0 N–H and O–H groups in total. The molecule has 1 heterocycles. The molecule has 0 saturated carbocycles. The second-order valence-corrected chi connectivity index (χ2v) is 9.04. The van der Waals surface area contributed by atoms with Gasteiger partial charge in [-0.3, -0.25) is 14.4 Å². The lowest BCUT2D eigenvalue weighted by Crippen LogP contribution is -2.30. The number of carbonyl (C=O) groups is 4. The number of aryl methyl sites for hydroxylation is 1. The first-order valence-corrected chi connectivity index (χ1v) is 11.2. The number of hydrogen-bond donors (Lipinski definition) is 0.